The van der Waals surface area contributed by atoms with Crippen molar-refractivity contribution in [2.75, 3.05) is 11.9 Å². The van der Waals surface area contributed by atoms with Crippen molar-refractivity contribution in [1.29, 1.82) is 0 Å². The van der Waals surface area contributed by atoms with Crippen LogP contribution in [0.15, 0.2) is 59.1 Å². The van der Waals surface area contributed by atoms with E-state index >= 15 is 0 Å². The molecule has 2 amide bonds. The first-order valence-electron chi connectivity index (χ1n) is 10.00. The molecule has 9 nitrogen and oxygen atoms in total. The zero-order chi connectivity index (χ0) is 24.3. The molecule has 34 heavy (non-hydrogen) atoms. The van der Waals surface area contributed by atoms with Gasteiger partial charge in [-0.05, 0) is 30.7 Å². The van der Waals surface area contributed by atoms with Gasteiger partial charge < -0.3 is 20.9 Å². The number of halogens is 3. The van der Waals surface area contributed by atoms with Gasteiger partial charge >= 0.3 is 6.18 Å². The Hall–Kier alpha value is -3.87. The fraction of sp³-hybridized carbons (Fsp3) is 0.190. The lowest BCUT2D eigenvalue weighted by molar-refractivity contribution is -0.141. The van der Waals surface area contributed by atoms with E-state index in [0.29, 0.717) is 35.3 Å². The molecule has 1 aromatic carbocycles. The highest BCUT2D eigenvalue weighted by atomic mass is 32.2. The molecule has 1 aliphatic heterocycles. The van der Waals surface area contributed by atoms with Crippen molar-refractivity contribution in [3.05, 3.63) is 71.3 Å². The van der Waals surface area contributed by atoms with Gasteiger partial charge in [0.1, 0.15) is 11.3 Å². The molecular formula is C21H18F3N7O2S. The Kier molecular flexibility index (Phi) is 6.54. The maximum absolute atomic E-state index is 13.0. The highest BCUT2D eigenvalue weighted by Crippen LogP contribution is 2.44. The predicted molar refractivity (Wildman–Crippen MR) is 118 cm³/mol. The molecule has 4 N–H and O–H groups in total. The molecule has 13 heteroatoms. The van der Waals surface area contributed by atoms with E-state index in [-0.39, 0.29) is 16.5 Å². The molecular weight excluding hydrogens is 471 g/mol. The Morgan fingerprint density at radius 2 is 2.03 bits per heavy atom. The van der Waals surface area contributed by atoms with Crippen molar-refractivity contribution in [1.82, 2.24) is 24.8 Å². The van der Waals surface area contributed by atoms with Gasteiger partial charge in [-0.15, -0.1) is 0 Å². The van der Waals surface area contributed by atoms with Crippen molar-refractivity contribution in [3.63, 3.8) is 0 Å². The van der Waals surface area contributed by atoms with Crippen LogP contribution < -0.4 is 16.4 Å². The second-order valence-corrected chi connectivity index (χ2v) is 8.23. The van der Waals surface area contributed by atoms with Gasteiger partial charge in [0.2, 0.25) is 0 Å². The Labute approximate surface area is 195 Å². The third-order valence-electron chi connectivity index (χ3n) is 4.78. The average Bonchev–Trinajstić information content (AvgIpc) is 3.45. The molecule has 3 aromatic rings. The number of carbonyl (C=O) groups is 2. The summed E-state index contributed by atoms with van der Waals surface area (Å²) in [6, 6.07) is 5.57. The number of fused-ring (bicyclic) bond motifs is 1. The zero-order valence-electron chi connectivity index (χ0n) is 17.5. The minimum absolute atomic E-state index is 0.180. The highest BCUT2D eigenvalue weighted by Gasteiger charge is 2.34. The molecule has 2 aromatic heterocycles. The number of aromatic nitrogens is 4. The minimum atomic E-state index is -4.70. The predicted octanol–water partition coefficient (Wildman–Crippen LogP) is 2.88. The number of nitrogens with one attached hydrogen (secondary N) is 2. The summed E-state index contributed by atoms with van der Waals surface area (Å²) in [6.45, 7) is 1.18. The molecule has 3 heterocycles. The Balaban J connectivity index is 1.49. The molecule has 0 spiro atoms. The summed E-state index contributed by atoms with van der Waals surface area (Å²) < 4.78 is 41.0. The molecule has 1 aliphatic rings. The molecule has 0 aliphatic carbocycles. The standard InChI is InChI=1S/C21H18F3N7O2S/c22-21(23,24)15-4-6-27-18(30-15)16(17(25)32)20-29-13-3-2-12(10-14(13)34-20)19(33)28-5-1-8-31-9-7-26-11-31/h2-4,6-7,9-11,29H,1,5,8H2,(H2,25,32)(H,28,33)/b20-16-. The Morgan fingerprint density at radius 3 is 2.74 bits per heavy atom. The molecule has 0 atom stereocenters. The average molecular weight is 489 g/mol. The van der Waals surface area contributed by atoms with Crippen LogP contribution in [-0.4, -0.2) is 37.9 Å². The SMILES string of the molecule is NC(=O)/C(=C1\Nc2ccc(C(=O)NCCCn3ccnc3)cc2S1)c1nccc(C(F)(F)F)n1. The number of amides is 2. The van der Waals surface area contributed by atoms with Gasteiger partial charge in [0.25, 0.3) is 11.8 Å². The number of anilines is 1. The topological polar surface area (TPSA) is 128 Å². The number of rotatable bonds is 7. The number of nitrogens with two attached hydrogens (primary N) is 1. The maximum atomic E-state index is 13.0. The third-order valence-corrected chi connectivity index (χ3v) is 5.85. The number of hydrogen-bond donors (Lipinski definition) is 3. The fourth-order valence-electron chi connectivity index (χ4n) is 3.17. The summed E-state index contributed by atoms with van der Waals surface area (Å²) >= 11 is 1.06. The number of hydrogen-bond acceptors (Lipinski definition) is 7. The number of alkyl halides is 3. The molecule has 176 valence electrons. The van der Waals surface area contributed by atoms with Gasteiger partial charge in [-0.1, -0.05) is 11.8 Å². The number of carbonyl (C=O) groups excluding carboxylic acids is 2. The molecule has 0 unspecified atom stereocenters. The van der Waals surface area contributed by atoms with Gasteiger partial charge in [0, 0.05) is 42.1 Å². The van der Waals surface area contributed by atoms with Crippen LogP contribution in [-0.2, 0) is 17.5 Å². The van der Waals surface area contributed by atoms with Gasteiger partial charge in [-0.3, -0.25) is 9.59 Å². The number of benzene rings is 1. The first-order valence-corrected chi connectivity index (χ1v) is 10.8. The van der Waals surface area contributed by atoms with Crippen LogP contribution >= 0.6 is 11.8 Å². The van der Waals surface area contributed by atoms with Crippen molar-refractivity contribution in [3.8, 4) is 0 Å². The zero-order valence-corrected chi connectivity index (χ0v) is 18.3. The summed E-state index contributed by atoms with van der Waals surface area (Å²) in [5.74, 6) is -1.71. The van der Waals surface area contributed by atoms with Crippen LogP contribution in [0.2, 0.25) is 0 Å². The lowest BCUT2D eigenvalue weighted by Gasteiger charge is -2.09. The summed E-state index contributed by atoms with van der Waals surface area (Å²) in [7, 11) is 0. The number of nitrogens with zero attached hydrogens (tertiary/aromatic N) is 4. The lowest BCUT2D eigenvalue weighted by atomic mass is 10.2. The lowest BCUT2D eigenvalue weighted by Crippen LogP contribution is -2.25. The summed E-state index contributed by atoms with van der Waals surface area (Å²) in [4.78, 5) is 36.4. The number of imidazole rings is 1. The van der Waals surface area contributed by atoms with E-state index in [9.17, 15) is 22.8 Å². The van der Waals surface area contributed by atoms with E-state index in [0.717, 1.165) is 24.4 Å². The van der Waals surface area contributed by atoms with Gasteiger partial charge in [-0.2, -0.15) is 13.2 Å². The van der Waals surface area contributed by atoms with Crippen LogP contribution in [0.5, 0.6) is 0 Å². The van der Waals surface area contributed by atoms with E-state index < -0.39 is 23.6 Å². The van der Waals surface area contributed by atoms with E-state index in [2.05, 4.69) is 25.6 Å². The molecule has 0 fully saturated rings. The van der Waals surface area contributed by atoms with Crippen molar-refractivity contribution in [2.45, 2.75) is 24.0 Å². The second kappa shape index (κ2) is 9.55. The number of primary amides is 1. The smallest absolute Gasteiger partial charge is 0.365 e. The largest absolute Gasteiger partial charge is 0.433 e. The highest BCUT2D eigenvalue weighted by molar-refractivity contribution is 8.04. The molecule has 0 saturated heterocycles. The van der Waals surface area contributed by atoms with E-state index in [1.54, 1.807) is 30.7 Å². The summed E-state index contributed by atoms with van der Waals surface area (Å²) in [6.07, 6.45) is 2.14. The fourth-order valence-corrected chi connectivity index (χ4v) is 4.26. The van der Waals surface area contributed by atoms with Crippen LogP contribution in [0.4, 0.5) is 18.9 Å². The van der Waals surface area contributed by atoms with Gasteiger partial charge in [0.15, 0.2) is 5.82 Å². The summed E-state index contributed by atoms with van der Waals surface area (Å²) in [5.41, 5.74) is 4.94. The van der Waals surface area contributed by atoms with E-state index in [1.807, 2.05) is 10.8 Å². The quantitative estimate of drug-likeness (QED) is 0.344. The molecule has 0 bridgehead atoms. The molecule has 4 rings (SSSR count). The minimum Gasteiger partial charge on any atom is -0.365 e. The maximum Gasteiger partial charge on any atom is 0.433 e. The first-order chi connectivity index (χ1) is 16.2. The monoisotopic (exact) mass is 489 g/mol. The van der Waals surface area contributed by atoms with Gasteiger partial charge in [-0.25, -0.2) is 15.0 Å². The molecule has 0 saturated carbocycles. The van der Waals surface area contributed by atoms with Crippen molar-refractivity contribution < 1.29 is 22.8 Å². The van der Waals surface area contributed by atoms with Crippen LogP contribution in [0, 0.1) is 0 Å². The summed E-state index contributed by atoms with van der Waals surface area (Å²) in [5, 5.41) is 5.96. The number of aryl methyl sites for hydroxylation is 1. The Bertz CT molecular complexity index is 1260. The van der Waals surface area contributed by atoms with Crippen LogP contribution in [0.25, 0.3) is 5.57 Å². The normalized spacial score (nSPS) is 14.3. The van der Waals surface area contributed by atoms with Crippen LogP contribution in [0.3, 0.4) is 0 Å². The van der Waals surface area contributed by atoms with Crippen molar-refractivity contribution >= 4 is 34.8 Å². The van der Waals surface area contributed by atoms with Gasteiger partial charge in [0.05, 0.1) is 17.0 Å². The van der Waals surface area contributed by atoms with Crippen LogP contribution in [0.1, 0.15) is 28.3 Å². The van der Waals surface area contributed by atoms with E-state index in [1.165, 1.54) is 0 Å². The third kappa shape index (κ3) is 5.20. The number of thioether (sulfide) groups is 1. The first kappa shape index (κ1) is 23.3. The second-order valence-electron chi connectivity index (χ2n) is 7.18. The van der Waals surface area contributed by atoms with Crippen molar-refractivity contribution in [2.24, 2.45) is 5.73 Å². The van der Waals surface area contributed by atoms with E-state index in [4.69, 9.17) is 5.73 Å². The Morgan fingerprint density at radius 1 is 1.21 bits per heavy atom. The molecule has 0 radical (unpaired) electrons.